The normalized spacial score (nSPS) is 17.7. The molecule has 2 aliphatic rings. The van der Waals surface area contributed by atoms with Gasteiger partial charge in [0.05, 0.1) is 10.2 Å². The number of para-hydroxylation sites is 1. The van der Waals surface area contributed by atoms with E-state index in [9.17, 15) is 0 Å². The summed E-state index contributed by atoms with van der Waals surface area (Å²) in [6.45, 7) is 3.32. The van der Waals surface area contributed by atoms with Crippen LogP contribution in [0.1, 0.15) is 18.4 Å². The molecule has 0 unspecified atom stereocenters. The Morgan fingerprint density at radius 2 is 1.90 bits per heavy atom. The highest BCUT2D eigenvalue weighted by Gasteiger charge is 2.24. The van der Waals surface area contributed by atoms with E-state index in [-0.39, 0.29) is 0 Å². The summed E-state index contributed by atoms with van der Waals surface area (Å²) in [7, 11) is 0. The van der Waals surface area contributed by atoms with E-state index in [1.807, 2.05) is 30.3 Å². The molecule has 1 fully saturated rings. The Hall–Kier alpha value is -2.68. The fourth-order valence-corrected chi connectivity index (χ4v) is 4.67. The molecule has 2 aromatic carbocycles. The molecule has 0 radical (unpaired) electrons. The van der Waals surface area contributed by atoms with Crippen LogP contribution < -0.4 is 21.2 Å². The summed E-state index contributed by atoms with van der Waals surface area (Å²) in [6, 6.07) is 16.5. The summed E-state index contributed by atoms with van der Waals surface area (Å²) in [4.78, 5) is 7.07. The zero-order valence-corrected chi connectivity index (χ0v) is 16.9. The Morgan fingerprint density at radius 1 is 1.07 bits per heavy atom. The smallest absolute Gasteiger partial charge is 0.279 e. The number of amidine groups is 1. The van der Waals surface area contributed by atoms with Crippen LogP contribution in [0.2, 0.25) is 0 Å². The highest BCUT2D eigenvalue weighted by atomic mass is 32.1. The monoisotopic (exact) mass is 408 g/mol. The SMILES string of the molecule is c1ccc2sc(Oc3ccc(CCN4CCC(C5=NNNN5)CC4)cc3)nc2c1. The number of hydrazine groups is 2. The Labute approximate surface area is 173 Å². The predicted molar refractivity (Wildman–Crippen MR) is 116 cm³/mol. The molecule has 0 aliphatic carbocycles. The molecule has 1 saturated heterocycles. The molecule has 0 bridgehead atoms. The van der Waals surface area contributed by atoms with Crippen molar-refractivity contribution in [2.75, 3.05) is 19.6 Å². The van der Waals surface area contributed by atoms with Crippen LogP contribution in [-0.2, 0) is 6.42 Å². The van der Waals surface area contributed by atoms with Crippen molar-refractivity contribution in [2.24, 2.45) is 11.0 Å². The standard InChI is InChI=1S/C21H24N6OS/c1-2-4-19-18(3-1)22-21(29-19)28-17-7-5-15(6-8-17)9-12-27-13-10-16(11-14-27)20-23-25-26-24-20/h1-8,16,25-26H,9-14H2,(H,23,24). The van der Waals surface area contributed by atoms with Crippen LogP contribution in [0.25, 0.3) is 10.2 Å². The second-order valence-corrected chi connectivity index (χ2v) is 8.41. The maximum absolute atomic E-state index is 5.94. The van der Waals surface area contributed by atoms with Gasteiger partial charge in [-0.05, 0) is 62.2 Å². The first-order chi connectivity index (χ1) is 14.3. The van der Waals surface area contributed by atoms with Crippen molar-refractivity contribution in [3.05, 3.63) is 54.1 Å². The summed E-state index contributed by atoms with van der Waals surface area (Å²) in [5.41, 5.74) is 11.0. The minimum absolute atomic E-state index is 0.521. The number of ether oxygens (including phenoxy) is 1. The van der Waals surface area contributed by atoms with E-state index < -0.39 is 0 Å². The van der Waals surface area contributed by atoms with Crippen LogP contribution in [0.3, 0.4) is 0 Å². The number of benzene rings is 2. The van der Waals surface area contributed by atoms with Gasteiger partial charge in [0, 0.05) is 12.5 Å². The zero-order valence-electron chi connectivity index (χ0n) is 16.1. The molecule has 3 aromatic rings. The number of hydrazone groups is 1. The molecule has 150 valence electrons. The van der Waals surface area contributed by atoms with E-state index in [1.165, 1.54) is 5.56 Å². The molecule has 3 heterocycles. The van der Waals surface area contributed by atoms with Gasteiger partial charge < -0.3 is 9.64 Å². The number of nitrogens with zero attached hydrogens (tertiary/aromatic N) is 3. The molecular weight excluding hydrogens is 384 g/mol. The molecule has 2 aliphatic heterocycles. The summed E-state index contributed by atoms with van der Waals surface area (Å²) >= 11 is 1.57. The first-order valence-electron chi connectivity index (χ1n) is 10.0. The fraction of sp³-hybridized carbons (Fsp3) is 0.333. The van der Waals surface area contributed by atoms with Crippen molar-refractivity contribution in [3.63, 3.8) is 0 Å². The summed E-state index contributed by atoms with van der Waals surface area (Å²) in [5, 5.41) is 4.93. The summed E-state index contributed by atoms with van der Waals surface area (Å²) in [6.07, 6.45) is 3.34. The second kappa shape index (κ2) is 8.36. The largest absolute Gasteiger partial charge is 0.431 e. The van der Waals surface area contributed by atoms with E-state index in [1.54, 1.807) is 11.3 Å². The molecule has 1 aromatic heterocycles. The van der Waals surface area contributed by atoms with Gasteiger partial charge in [-0.2, -0.15) is 0 Å². The average Bonchev–Trinajstić information content (AvgIpc) is 3.43. The Bertz CT molecular complexity index is 961. The molecule has 0 amide bonds. The molecule has 0 spiro atoms. The lowest BCUT2D eigenvalue weighted by Gasteiger charge is -2.31. The predicted octanol–water partition coefficient (Wildman–Crippen LogP) is 3.27. The van der Waals surface area contributed by atoms with Crippen molar-refractivity contribution in [3.8, 4) is 10.9 Å². The highest BCUT2D eigenvalue weighted by molar-refractivity contribution is 7.20. The number of rotatable bonds is 6. The first kappa shape index (κ1) is 18.4. The molecule has 0 saturated carbocycles. The number of nitrogens with one attached hydrogen (secondary N) is 3. The first-order valence-corrected chi connectivity index (χ1v) is 10.8. The minimum Gasteiger partial charge on any atom is -0.431 e. The van der Waals surface area contributed by atoms with Crippen molar-refractivity contribution < 1.29 is 4.74 Å². The maximum atomic E-state index is 5.94. The van der Waals surface area contributed by atoms with Crippen LogP contribution in [-0.4, -0.2) is 35.4 Å². The van der Waals surface area contributed by atoms with Crippen molar-refractivity contribution in [1.82, 2.24) is 26.4 Å². The third-order valence-electron chi connectivity index (χ3n) is 5.52. The minimum atomic E-state index is 0.521. The van der Waals surface area contributed by atoms with Crippen LogP contribution in [0, 0.1) is 5.92 Å². The van der Waals surface area contributed by atoms with Gasteiger partial charge in [-0.1, -0.05) is 35.6 Å². The van der Waals surface area contributed by atoms with E-state index in [2.05, 4.69) is 49.7 Å². The lowest BCUT2D eigenvalue weighted by molar-refractivity contribution is 0.210. The molecule has 5 rings (SSSR count). The van der Waals surface area contributed by atoms with Gasteiger partial charge in [-0.15, -0.1) is 10.6 Å². The fourth-order valence-electron chi connectivity index (χ4n) is 3.84. The molecule has 3 N–H and O–H groups in total. The van der Waals surface area contributed by atoms with Gasteiger partial charge in [-0.25, -0.2) is 10.5 Å². The quantitative estimate of drug-likeness (QED) is 0.581. The van der Waals surface area contributed by atoms with E-state index in [4.69, 9.17) is 4.74 Å². The molecule has 8 heteroatoms. The Balaban J connectivity index is 1.11. The zero-order chi connectivity index (χ0) is 19.5. The second-order valence-electron chi connectivity index (χ2n) is 7.42. The van der Waals surface area contributed by atoms with Gasteiger partial charge >= 0.3 is 0 Å². The summed E-state index contributed by atoms with van der Waals surface area (Å²) in [5.74, 6) is 2.39. The lowest BCUT2D eigenvalue weighted by Crippen LogP contribution is -2.43. The van der Waals surface area contributed by atoms with Crippen molar-refractivity contribution in [2.45, 2.75) is 19.3 Å². The third-order valence-corrected chi connectivity index (χ3v) is 6.43. The van der Waals surface area contributed by atoms with E-state index in [0.717, 1.165) is 60.7 Å². The number of hydrogen-bond donors (Lipinski definition) is 3. The van der Waals surface area contributed by atoms with E-state index in [0.29, 0.717) is 11.1 Å². The Morgan fingerprint density at radius 3 is 2.66 bits per heavy atom. The number of likely N-dealkylation sites (tertiary alicyclic amines) is 1. The topological polar surface area (TPSA) is 73.8 Å². The van der Waals surface area contributed by atoms with Crippen molar-refractivity contribution >= 4 is 27.4 Å². The molecule has 7 nitrogen and oxygen atoms in total. The average molecular weight is 409 g/mol. The molecular formula is C21H24N6OS. The maximum Gasteiger partial charge on any atom is 0.279 e. The van der Waals surface area contributed by atoms with Gasteiger partial charge in [-0.3, -0.25) is 5.43 Å². The van der Waals surface area contributed by atoms with Crippen LogP contribution >= 0.6 is 11.3 Å². The number of fused-ring (bicyclic) bond motifs is 1. The van der Waals surface area contributed by atoms with Gasteiger partial charge in [0.15, 0.2) is 0 Å². The van der Waals surface area contributed by atoms with Crippen LogP contribution in [0.5, 0.6) is 10.9 Å². The Kier molecular flexibility index (Phi) is 5.29. The van der Waals surface area contributed by atoms with E-state index >= 15 is 0 Å². The number of piperidine rings is 1. The van der Waals surface area contributed by atoms with Crippen molar-refractivity contribution in [1.29, 1.82) is 0 Å². The van der Waals surface area contributed by atoms with Crippen LogP contribution in [0.15, 0.2) is 53.6 Å². The van der Waals surface area contributed by atoms with Gasteiger partial charge in [0.25, 0.3) is 5.19 Å². The number of aromatic nitrogens is 1. The number of thiazole rings is 1. The molecule has 0 atom stereocenters. The molecule has 29 heavy (non-hydrogen) atoms. The summed E-state index contributed by atoms with van der Waals surface area (Å²) < 4.78 is 7.09. The van der Waals surface area contributed by atoms with Gasteiger partial charge in [0.1, 0.15) is 11.6 Å². The highest BCUT2D eigenvalue weighted by Crippen LogP contribution is 2.31. The third kappa shape index (κ3) is 4.34. The van der Waals surface area contributed by atoms with Crippen LogP contribution in [0.4, 0.5) is 0 Å². The van der Waals surface area contributed by atoms with Gasteiger partial charge in [0.2, 0.25) is 0 Å². The lowest BCUT2D eigenvalue weighted by atomic mass is 9.95. The number of hydrogen-bond acceptors (Lipinski definition) is 8.